The van der Waals surface area contributed by atoms with Gasteiger partial charge in [0.2, 0.25) is 0 Å². The fourth-order valence-corrected chi connectivity index (χ4v) is 2.57. The van der Waals surface area contributed by atoms with Crippen molar-refractivity contribution in [2.75, 3.05) is 0 Å². The Hall–Kier alpha value is -1.28. The van der Waals surface area contributed by atoms with Crippen LogP contribution in [0.5, 0.6) is 0 Å². The van der Waals surface area contributed by atoms with Gasteiger partial charge in [0.25, 0.3) is 0 Å². The summed E-state index contributed by atoms with van der Waals surface area (Å²) in [4.78, 5) is 12.1. The average molecular weight is 293 g/mol. The number of hydrogen-bond acceptors (Lipinski definition) is 2. The largest absolute Gasteiger partial charge is 0.451 e. The minimum atomic E-state index is 0.0766. The standard InChI is InChI=1S/C17H21ClO2/c1-2-3-4-5-6-7-11-15(19)16-12-13-9-8-10-14(18)17(13)20-16/h8-10,12H,2-7,11H2,1H3. The number of Topliss-reactive ketones (excluding diaryl/α,β-unsaturated/α-hetero) is 1. The zero-order valence-electron chi connectivity index (χ0n) is 12.0. The van der Waals surface area contributed by atoms with Gasteiger partial charge in [-0.25, -0.2) is 0 Å². The first-order valence-electron chi connectivity index (χ1n) is 7.43. The van der Waals surface area contributed by atoms with Crippen LogP contribution in [0.25, 0.3) is 11.0 Å². The van der Waals surface area contributed by atoms with Crippen LogP contribution >= 0.6 is 11.6 Å². The lowest BCUT2D eigenvalue weighted by Crippen LogP contribution is -1.96. The van der Waals surface area contributed by atoms with Gasteiger partial charge in [0.1, 0.15) is 0 Å². The van der Waals surface area contributed by atoms with E-state index in [0.717, 1.165) is 18.2 Å². The minimum absolute atomic E-state index is 0.0766. The molecule has 3 heteroatoms. The van der Waals surface area contributed by atoms with E-state index in [1.54, 1.807) is 12.1 Å². The normalized spacial score (nSPS) is 11.1. The Morgan fingerprint density at radius 2 is 1.90 bits per heavy atom. The number of hydrogen-bond donors (Lipinski definition) is 0. The van der Waals surface area contributed by atoms with Crippen molar-refractivity contribution in [2.45, 2.75) is 51.9 Å². The number of carbonyl (C=O) groups excluding carboxylic acids is 1. The number of furan rings is 1. The minimum Gasteiger partial charge on any atom is -0.451 e. The maximum Gasteiger partial charge on any atom is 0.198 e. The Kier molecular flexibility index (Phi) is 5.66. The summed E-state index contributed by atoms with van der Waals surface area (Å²) in [5.41, 5.74) is 0.612. The van der Waals surface area contributed by atoms with Crippen LogP contribution in [0, 0.1) is 0 Å². The molecule has 2 nitrogen and oxygen atoms in total. The summed E-state index contributed by atoms with van der Waals surface area (Å²) in [6, 6.07) is 7.34. The molecule has 0 fully saturated rings. The predicted molar refractivity (Wildman–Crippen MR) is 83.5 cm³/mol. The van der Waals surface area contributed by atoms with E-state index in [-0.39, 0.29) is 5.78 Å². The van der Waals surface area contributed by atoms with E-state index in [1.165, 1.54) is 25.7 Å². The van der Waals surface area contributed by atoms with Gasteiger partial charge in [-0.3, -0.25) is 4.79 Å². The highest BCUT2D eigenvalue weighted by molar-refractivity contribution is 6.34. The average Bonchev–Trinajstić information content (AvgIpc) is 2.88. The number of ketones is 1. The lowest BCUT2D eigenvalue weighted by Gasteiger charge is -1.99. The fraction of sp³-hybridized carbons (Fsp3) is 0.471. The van der Waals surface area contributed by atoms with Gasteiger partial charge in [0.05, 0.1) is 5.02 Å². The molecule has 2 aromatic rings. The molecule has 1 aromatic heterocycles. The van der Waals surface area contributed by atoms with Crippen LogP contribution < -0.4 is 0 Å². The van der Waals surface area contributed by atoms with Gasteiger partial charge in [-0.05, 0) is 18.6 Å². The predicted octanol–water partition coefficient (Wildman–Crippen LogP) is 6.02. The van der Waals surface area contributed by atoms with Crippen molar-refractivity contribution in [1.82, 2.24) is 0 Å². The molecule has 0 aliphatic carbocycles. The van der Waals surface area contributed by atoms with Crippen molar-refractivity contribution >= 4 is 28.4 Å². The molecule has 1 aromatic carbocycles. The lowest BCUT2D eigenvalue weighted by atomic mass is 10.1. The van der Waals surface area contributed by atoms with Gasteiger partial charge in [-0.15, -0.1) is 0 Å². The third-order valence-corrected chi connectivity index (χ3v) is 3.83. The zero-order valence-corrected chi connectivity index (χ0v) is 12.7. The summed E-state index contributed by atoms with van der Waals surface area (Å²) in [6.45, 7) is 2.20. The van der Waals surface area contributed by atoms with Crippen LogP contribution in [0.1, 0.15) is 62.4 Å². The highest BCUT2D eigenvalue weighted by atomic mass is 35.5. The van der Waals surface area contributed by atoms with Crippen LogP contribution in [-0.4, -0.2) is 5.78 Å². The summed E-state index contributed by atoms with van der Waals surface area (Å²) in [5.74, 6) is 0.509. The fourth-order valence-electron chi connectivity index (χ4n) is 2.35. The molecule has 20 heavy (non-hydrogen) atoms. The van der Waals surface area contributed by atoms with E-state index < -0.39 is 0 Å². The first-order chi connectivity index (χ1) is 9.72. The van der Waals surface area contributed by atoms with Gasteiger partial charge >= 0.3 is 0 Å². The second-order valence-electron chi connectivity index (χ2n) is 5.21. The van der Waals surface area contributed by atoms with Crippen molar-refractivity contribution in [1.29, 1.82) is 0 Å². The zero-order chi connectivity index (χ0) is 14.4. The molecule has 0 amide bonds. The molecule has 2 rings (SSSR count). The molecular formula is C17H21ClO2. The second kappa shape index (κ2) is 7.49. The van der Waals surface area contributed by atoms with E-state index in [0.29, 0.717) is 22.8 Å². The van der Waals surface area contributed by atoms with E-state index in [4.69, 9.17) is 16.0 Å². The van der Waals surface area contributed by atoms with Crippen LogP contribution in [0.4, 0.5) is 0 Å². The van der Waals surface area contributed by atoms with Crippen molar-refractivity contribution in [2.24, 2.45) is 0 Å². The molecule has 0 N–H and O–H groups in total. The smallest absolute Gasteiger partial charge is 0.198 e. The van der Waals surface area contributed by atoms with Crippen molar-refractivity contribution in [3.05, 3.63) is 35.0 Å². The Balaban J connectivity index is 1.86. The van der Waals surface area contributed by atoms with Crippen LogP contribution in [0.3, 0.4) is 0 Å². The highest BCUT2D eigenvalue weighted by Crippen LogP contribution is 2.27. The maximum absolute atomic E-state index is 12.1. The third kappa shape index (κ3) is 3.86. The summed E-state index contributed by atoms with van der Waals surface area (Å²) >= 11 is 6.05. The molecule has 0 atom stereocenters. The summed E-state index contributed by atoms with van der Waals surface area (Å²) in [7, 11) is 0. The van der Waals surface area contributed by atoms with Gasteiger partial charge < -0.3 is 4.42 Å². The lowest BCUT2D eigenvalue weighted by molar-refractivity contribution is 0.0954. The number of halogens is 1. The van der Waals surface area contributed by atoms with Gasteiger partial charge in [0, 0.05) is 11.8 Å². The summed E-state index contributed by atoms with van der Waals surface area (Å²) in [6.07, 6.45) is 7.64. The highest BCUT2D eigenvalue weighted by Gasteiger charge is 2.13. The number of carbonyl (C=O) groups is 1. The SMILES string of the molecule is CCCCCCCCC(=O)c1cc2cccc(Cl)c2o1. The number of benzene rings is 1. The summed E-state index contributed by atoms with van der Waals surface area (Å²) < 4.78 is 5.57. The van der Waals surface area contributed by atoms with Crippen molar-refractivity contribution < 1.29 is 9.21 Å². The molecule has 0 aliphatic heterocycles. The molecular weight excluding hydrogens is 272 g/mol. The molecule has 0 bridgehead atoms. The van der Waals surface area contributed by atoms with E-state index in [9.17, 15) is 4.79 Å². The van der Waals surface area contributed by atoms with Gasteiger partial charge in [-0.2, -0.15) is 0 Å². The quantitative estimate of drug-likeness (QED) is 0.440. The summed E-state index contributed by atoms with van der Waals surface area (Å²) in [5, 5.41) is 1.45. The van der Waals surface area contributed by atoms with Crippen molar-refractivity contribution in [3.8, 4) is 0 Å². The number of rotatable bonds is 8. The molecule has 0 unspecified atom stereocenters. The first kappa shape index (κ1) is 15.1. The van der Waals surface area contributed by atoms with Crippen LogP contribution in [0.15, 0.2) is 28.7 Å². The maximum atomic E-state index is 12.1. The van der Waals surface area contributed by atoms with E-state index in [2.05, 4.69) is 6.92 Å². The van der Waals surface area contributed by atoms with Gasteiger partial charge in [-0.1, -0.05) is 62.8 Å². The van der Waals surface area contributed by atoms with E-state index >= 15 is 0 Å². The molecule has 0 saturated carbocycles. The monoisotopic (exact) mass is 292 g/mol. The molecule has 0 spiro atoms. The molecule has 1 heterocycles. The van der Waals surface area contributed by atoms with Crippen LogP contribution in [-0.2, 0) is 0 Å². The van der Waals surface area contributed by atoms with E-state index in [1.807, 2.05) is 12.1 Å². The van der Waals surface area contributed by atoms with Crippen LogP contribution in [0.2, 0.25) is 5.02 Å². The Morgan fingerprint density at radius 3 is 2.65 bits per heavy atom. The Morgan fingerprint density at radius 1 is 1.15 bits per heavy atom. The number of para-hydroxylation sites is 1. The topological polar surface area (TPSA) is 30.2 Å². The first-order valence-corrected chi connectivity index (χ1v) is 7.81. The van der Waals surface area contributed by atoms with Crippen molar-refractivity contribution in [3.63, 3.8) is 0 Å². The number of unbranched alkanes of at least 4 members (excludes halogenated alkanes) is 5. The molecule has 0 saturated heterocycles. The van der Waals surface area contributed by atoms with Gasteiger partial charge in [0.15, 0.2) is 17.1 Å². The number of fused-ring (bicyclic) bond motifs is 1. The third-order valence-electron chi connectivity index (χ3n) is 3.53. The Bertz CT molecular complexity index is 571. The molecule has 0 radical (unpaired) electrons. The second-order valence-corrected chi connectivity index (χ2v) is 5.62. The molecule has 0 aliphatic rings. The Labute approximate surface area is 125 Å². The molecule has 108 valence electrons.